The van der Waals surface area contributed by atoms with Crippen LogP contribution in [0.2, 0.25) is 0 Å². The molecule has 0 aromatic heterocycles. The van der Waals surface area contributed by atoms with Gasteiger partial charge in [0.1, 0.15) is 0 Å². The maximum atomic E-state index is 6.94. The van der Waals surface area contributed by atoms with Crippen LogP contribution in [-0.4, -0.2) is 0 Å². The molecule has 0 aliphatic heterocycles. The molecule has 0 aliphatic carbocycles. The van der Waals surface area contributed by atoms with Crippen molar-refractivity contribution in [2.45, 2.75) is 26.8 Å². The molecule has 0 saturated heterocycles. The predicted molar refractivity (Wildman–Crippen MR) is 50.9 cm³/mol. The fraction of sp³-hybridized carbons (Fsp3) is 0.364. The summed E-state index contributed by atoms with van der Waals surface area (Å²) in [5.41, 5.74) is 3.60. The van der Waals surface area contributed by atoms with E-state index in [0.29, 0.717) is 0 Å². The number of hydrogen-bond donors (Lipinski definition) is 0. The average molecular weight is 159 g/mol. The zero-order valence-corrected chi connectivity index (χ0v) is 7.76. The van der Waals surface area contributed by atoms with Crippen molar-refractivity contribution in [3.05, 3.63) is 46.3 Å². The molecular weight excluding hydrogens is 146 g/mol. The molecular formula is C11H13N. The molecule has 1 heteroatoms. The Morgan fingerprint density at radius 3 is 2.58 bits per heavy atom. The standard InChI is InChI=1S/C11H13N/c1-8-5-6-9(2)11(7-8)10(3)12-4/h5-7,10H,1-3H3. The van der Waals surface area contributed by atoms with Crippen LogP contribution < -0.4 is 0 Å². The zero-order valence-electron chi connectivity index (χ0n) is 7.76. The Balaban J connectivity index is 3.15. The van der Waals surface area contributed by atoms with Crippen molar-refractivity contribution in [3.8, 4) is 0 Å². The third-order valence-corrected chi connectivity index (χ3v) is 2.08. The maximum Gasteiger partial charge on any atom is 0.246 e. The van der Waals surface area contributed by atoms with Crippen LogP contribution in [0.1, 0.15) is 29.7 Å². The van der Waals surface area contributed by atoms with E-state index in [0.717, 1.165) is 5.56 Å². The van der Waals surface area contributed by atoms with Crippen LogP contribution in [0.5, 0.6) is 0 Å². The molecule has 1 unspecified atom stereocenters. The number of aryl methyl sites for hydroxylation is 2. The Bertz CT molecular complexity index is 320. The molecule has 0 fully saturated rings. The van der Waals surface area contributed by atoms with Crippen LogP contribution in [0.3, 0.4) is 0 Å². The molecule has 1 aromatic rings. The lowest BCUT2D eigenvalue weighted by molar-refractivity contribution is 0.943. The average Bonchev–Trinajstić information content (AvgIpc) is 2.08. The van der Waals surface area contributed by atoms with Crippen molar-refractivity contribution in [3.63, 3.8) is 0 Å². The van der Waals surface area contributed by atoms with E-state index in [1.807, 2.05) is 6.92 Å². The summed E-state index contributed by atoms with van der Waals surface area (Å²) in [5, 5.41) is 0. The SMILES string of the molecule is [C-]#[N+]C(C)c1cc(C)ccc1C. The van der Waals surface area contributed by atoms with Gasteiger partial charge in [0.05, 0.1) is 0 Å². The van der Waals surface area contributed by atoms with Gasteiger partial charge in [0, 0.05) is 12.5 Å². The molecule has 0 spiro atoms. The van der Waals surface area contributed by atoms with Gasteiger partial charge in [0.15, 0.2) is 0 Å². The lowest BCUT2D eigenvalue weighted by atomic mass is 10.0. The molecule has 0 aliphatic rings. The summed E-state index contributed by atoms with van der Waals surface area (Å²) >= 11 is 0. The Hall–Kier alpha value is -1.29. The second kappa shape index (κ2) is 3.40. The van der Waals surface area contributed by atoms with Crippen LogP contribution in [0.15, 0.2) is 18.2 Å². The Morgan fingerprint density at radius 1 is 1.33 bits per heavy atom. The van der Waals surface area contributed by atoms with E-state index < -0.39 is 0 Å². The molecule has 1 atom stereocenters. The van der Waals surface area contributed by atoms with Gasteiger partial charge in [-0.1, -0.05) is 17.7 Å². The van der Waals surface area contributed by atoms with E-state index in [9.17, 15) is 0 Å². The Morgan fingerprint density at radius 2 is 2.00 bits per heavy atom. The summed E-state index contributed by atoms with van der Waals surface area (Å²) in [6.07, 6.45) is 0. The van der Waals surface area contributed by atoms with Gasteiger partial charge in [-0.2, -0.15) is 0 Å². The highest BCUT2D eigenvalue weighted by Crippen LogP contribution is 2.21. The molecule has 0 bridgehead atoms. The first-order chi connectivity index (χ1) is 5.65. The summed E-state index contributed by atoms with van der Waals surface area (Å²) in [6, 6.07) is 6.24. The third-order valence-electron chi connectivity index (χ3n) is 2.08. The third kappa shape index (κ3) is 1.65. The van der Waals surface area contributed by atoms with E-state index in [1.165, 1.54) is 11.1 Å². The minimum Gasteiger partial charge on any atom is -0.309 e. The highest BCUT2D eigenvalue weighted by Gasteiger charge is 2.10. The van der Waals surface area contributed by atoms with Crippen LogP contribution in [0.25, 0.3) is 4.85 Å². The summed E-state index contributed by atoms with van der Waals surface area (Å²) in [7, 11) is 0. The van der Waals surface area contributed by atoms with E-state index in [2.05, 4.69) is 36.9 Å². The van der Waals surface area contributed by atoms with Crippen molar-refractivity contribution in [2.24, 2.45) is 0 Å². The second-order valence-corrected chi connectivity index (χ2v) is 3.17. The van der Waals surface area contributed by atoms with Crippen molar-refractivity contribution in [1.29, 1.82) is 0 Å². The van der Waals surface area contributed by atoms with Gasteiger partial charge in [-0.05, 0) is 25.5 Å². The quantitative estimate of drug-likeness (QED) is 0.554. The summed E-state index contributed by atoms with van der Waals surface area (Å²) in [4.78, 5) is 3.51. The minimum atomic E-state index is -0.00935. The van der Waals surface area contributed by atoms with Gasteiger partial charge in [0.25, 0.3) is 0 Å². The van der Waals surface area contributed by atoms with Crippen LogP contribution in [-0.2, 0) is 0 Å². The highest BCUT2D eigenvalue weighted by molar-refractivity contribution is 5.33. The fourth-order valence-corrected chi connectivity index (χ4v) is 1.28. The van der Waals surface area contributed by atoms with Crippen molar-refractivity contribution >= 4 is 0 Å². The smallest absolute Gasteiger partial charge is 0.246 e. The van der Waals surface area contributed by atoms with Crippen molar-refractivity contribution in [2.75, 3.05) is 0 Å². The number of benzene rings is 1. The molecule has 1 nitrogen and oxygen atoms in total. The fourth-order valence-electron chi connectivity index (χ4n) is 1.28. The van der Waals surface area contributed by atoms with Gasteiger partial charge >= 0.3 is 0 Å². The molecule has 62 valence electrons. The molecule has 1 rings (SSSR count). The second-order valence-electron chi connectivity index (χ2n) is 3.17. The normalized spacial score (nSPS) is 12.2. The molecule has 0 N–H and O–H groups in total. The highest BCUT2D eigenvalue weighted by atomic mass is 14.7. The largest absolute Gasteiger partial charge is 0.309 e. The maximum absolute atomic E-state index is 6.94. The topological polar surface area (TPSA) is 4.36 Å². The first-order valence-corrected chi connectivity index (χ1v) is 4.09. The predicted octanol–water partition coefficient (Wildman–Crippen LogP) is 3.28. The van der Waals surface area contributed by atoms with Crippen molar-refractivity contribution < 1.29 is 0 Å². The van der Waals surface area contributed by atoms with Crippen LogP contribution in [0.4, 0.5) is 0 Å². The molecule has 0 amide bonds. The van der Waals surface area contributed by atoms with Crippen molar-refractivity contribution in [1.82, 2.24) is 0 Å². The van der Waals surface area contributed by atoms with E-state index >= 15 is 0 Å². The summed E-state index contributed by atoms with van der Waals surface area (Å²) in [5.74, 6) is 0. The minimum absolute atomic E-state index is 0.00935. The number of hydrogen-bond acceptors (Lipinski definition) is 0. The zero-order chi connectivity index (χ0) is 9.14. The van der Waals surface area contributed by atoms with Crippen LogP contribution in [0, 0.1) is 20.4 Å². The van der Waals surface area contributed by atoms with Gasteiger partial charge in [-0.25, -0.2) is 6.57 Å². The van der Waals surface area contributed by atoms with E-state index in [4.69, 9.17) is 6.57 Å². The Kier molecular flexibility index (Phi) is 2.50. The number of rotatable bonds is 1. The monoisotopic (exact) mass is 159 g/mol. The van der Waals surface area contributed by atoms with Gasteiger partial charge in [-0.3, -0.25) is 0 Å². The molecule has 0 radical (unpaired) electrons. The lowest BCUT2D eigenvalue weighted by Crippen LogP contribution is -1.91. The molecule has 1 aromatic carbocycles. The molecule has 0 saturated carbocycles. The molecule has 12 heavy (non-hydrogen) atoms. The van der Waals surface area contributed by atoms with Gasteiger partial charge in [0.2, 0.25) is 6.04 Å². The molecule has 0 heterocycles. The first-order valence-electron chi connectivity index (χ1n) is 4.09. The van der Waals surface area contributed by atoms with Gasteiger partial charge < -0.3 is 4.85 Å². The number of nitrogens with zero attached hydrogens (tertiary/aromatic N) is 1. The van der Waals surface area contributed by atoms with Gasteiger partial charge in [-0.15, -0.1) is 0 Å². The first kappa shape index (κ1) is 8.80. The summed E-state index contributed by atoms with van der Waals surface area (Å²) in [6.45, 7) is 13.0. The lowest BCUT2D eigenvalue weighted by Gasteiger charge is -2.04. The van der Waals surface area contributed by atoms with E-state index in [-0.39, 0.29) is 6.04 Å². The summed E-state index contributed by atoms with van der Waals surface area (Å²) < 4.78 is 0. The Labute approximate surface area is 73.9 Å². The van der Waals surface area contributed by atoms with E-state index in [1.54, 1.807) is 0 Å². The van der Waals surface area contributed by atoms with Crippen LogP contribution >= 0.6 is 0 Å².